The average Bonchev–Trinajstić information content (AvgIpc) is 3.93. The number of aliphatic carboxylic acids is 1. The summed E-state index contributed by atoms with van der Waals surface area (Å²) in [5.74, 6) is -1.56. The lowest BCUT2D eigenvalue weighted by Gasteiger charge is -2.32. The number of nitrogens with zero attached hydrogens (tertiary/aromatic N) is 6. The van der Waals surface area contributed by atoms with E-state index in [1.54, 1.807) is 19.1 Å². The number of para-hydroxylation sites is 1. The van der Waals surface area contributed by atoms with Crippen LogP contribution in [0, 0.1) is 12.9 Å². The number of piperazine rings is 1. The number of alkyl halides is 4. The van der Waals surface area contributed by atoms with E-state index in [1.807, 2.05) is 0 Å². The molecule has 0 bridgehead atoms. The van der Waals surface area contributed by atoms with Gasteiger partial charge >= 0.3 is 12.1 Å². The summed E-state index contributed by atoms with van der Waals surface area (Å²) in [6.45, 7) is 4.84. The number of hydrogen-bond acceptors (Lipinski definition) is 11. The Hall–Kier alpha value is -5.30. The summed E-state index contributed by atoms with van der Waals surface area (Å²) in [7, 11) is 2.08. The second kappa shape index (κ2) is 17.3. The minimum absolute atomic E-state index is 0.0508. The van der Waals surface area contributed by atoms with Gasteiger partial charge in [0.25, 0.3) is 6.01 Å². The molecule has 58 heavy (non-hydrogen) atoms. The molecule has 4 aromatic heterocycles. The first-order valence-electron chi connectivity index (χ1n) is 18.0. The number of hydrogen-bond donors (Lipinski definition) is 1. The van der Waals surface area contributed by atoms with Crippen LogP contribution >= 0.6 is 22.9 Å². The Labute approximate surface area is 337 Å². The Kier molecular flexibility index (Phi) is 12.2. The SMILES string of the molecule is Cc1c(-c2c(-c3ccc(F)o3)sc3ncnc(OC(C(=O)O)C(F)c4ccccc4OCc4ccnn4CC(F)(F)F)c23)ccc(OCCN2CCN(C)CC2)c1Cl. The lowest BCUT2D eigenvalue weighted by Crippen LogP contribution is -2.45. The number of ether oxygens (including phenoxy) is 3. The van der Waals surface area contributed by atoms with Gasteiger partial charge in [-0.2, -0.15) is 22.7 Å². The first-order chi connectivity index (χ1) is 27.8. The van der Waals surface area contributed by atoms with Crippen LogP contribution in [0.5, 0.6) is 17.4 Å². The molecule has 5 heterocycles. The molecule has 2 aromatic carbocycles. The van der Waals surface area contributed by atoms with Crippen molar-refractivity contribution in [3.8, 4) is 39.1 Å². The van der Waals surface area contributed by atoms with Gasteiger partial charge in [-0.1, -0.05) is 35.9 Å². The minimum atomic E-state index is -4.55. The van der Waals surface area contributed by atoms with Gasteiger partial charge in [-0.25, -0.2) is 19.2 Å². The van der Waals surface area contributed by atoms with Crippen LogP contribution in [0.25, 0.3) is 32.0 Å². The minimum Gasteiger partial charge on any atom is -0.491 e. The molecule has 1 aliphatic rings. The largest absolute Gasteiger partial charge is 0.491 e. The maximum absolute atomic E-state index is 16.6. The predicted molar refractivity (Wildman–Crippen MR) is 205 cm³/mol. The molecular formula is C39H36ClF5N6O6S. The van der Waals surface area contributed by atoms with Gasteiger partial charge < -0.3 is 28.6 Å². The normalized spacial score (nSPS) is 15.1. The average molecular weight is 847 g/mol. The van der Waals surface area contributed by atoms with Crippen LogP contribution in [0.1, 0.15) is 23.0 Å². The number of aromatic nitrogens is 4. The summed E-state index contributed by atoms with van der Waals surface area (Å²) >= 11 is 8.00. The molecule has 0 aliphatic carbocycles. The van der Waals surface area contributed by atoms with Crippen molar-refractivity contribution in [2.45, 2.75) is 38.5 Å². The highest BCUT2D eigenvalue weighted by atomic mass is 35.5. The van der Waals surface area contributed by atoms with Gasteiger partial charge in [0.15, 0.2) is 6.17 Å². The third-order valence-corrected chi connectivity index (χ3v) is 11.2. The number of halogens is 6. The number of fused-ring (bicyclic) bond motifs is 1. The molecule has 0 saturated carbocycles. The number of furan rings is 1. The molecule has 1 N–H and O–H groups in total. The summed E-state index contributed by atoms with van der Waals surface area (Å²) in [6, 6.07) is 12.1. The maximum atomic E-state index is 16.6. The van der Waals surface area contributed by atoms with E-state index in [0.717, 1.165) is 49.9 Å². The monoisotopic (exact) mass is 846 g/mol. The molecule has 12 nitrogen and oxygen atoms in total. The highest BCUT2D eigenvalue weighted by Crippen LogP contribution is 2.50. The first kappa shape index (κ1) is 40.9. The fourth-order valence-electron chi connectivity index (χ4n) is 6.57. The van der Waals surface area contributed by atoms with E-state index in [9.17, 15) is 27.5 Å². The van der Waals surface area contributed by atoms with Gasteiger partial charge in [0, 0.05) is 56.1 Å². The maximum Gasteiger partial charge on any atom is 0.408 e. The topological polar surface area (TPSA) is 128 Å². The van der Waals surface area contributed by atoms with Gasteiger partial charge in [0.05, 0.1) is 21.0 Å². The first-order valence-corrected chi connectivity index (χ1v) is 19.2. The summed E-state index contributed by atoms with van der Waals surface area (Å²) in [5, 5.41) is 14.5. The summed E-state index contributed by atoms with van der Waals surface area (Å²) < 4.78 is 93.9. The van der Waals surface area contributed by atoms with Crippen LogP contribution in [-0.4, -0.2) is 99.3 Å². The number of likely N-dealkylation sites (N-methyl/N-ethyl adjacent to an activating group) is 1. The predicted octanol–water partition coefficient (Wildman–Crippen LogP) is 8.23. The summed E-state index contributed by atoms with van der Waals surface area (Å²) in [5.41, 5.74) is 1.25. The van der Waals surface area contributed by atoms with Crippen molar-refractivity contribution in [1.82, 2.24) is 29.5 Å². The number of rotatable bonds is 15. The van der Waals surface area contributed by atoms with Crippen LogP contribution in [0.3, 0.4) is 0 Å². The van der Waals surface area contributed by atoms with Crippen molar-refractivity contribution in [1.29, 1.82) is 0 Å². The second-order valence-electron chi connectivity index (χ2n) is 13.5. The van der Waals surface area contributed by atoms with Crippen molar-refractivity contribution in [3.05, 3.63) is 95.0 Å². The lowest BCUT2D eigenvalue weighted by molar-refractivity contribution is -0.148. The molecule has 0 radical (unpaired) electrons. The van der Waals surface area contributed by atoms with Crippen LogP contribution in [0.4, 0.5) is 22.0 Å². The van der Waals surface area contributed by atoms with Gasteiger partial charge in [0.2, 0.25) is 12.0 Å². The second-order valence-corrected chi connectivity index (χ2v) is 14.9. The fourth-order valence-corrected chi connectivity index (χ4v) is 7.90. The smallest absolute Gasteiger partial charge is 0.408 e. The molecule has 0 spiro atoms. The van der Waals surface area contributed by atoms with Gasteiger partial charge in [-0.15, -0.1) is 11.3 Å². The van der Waals surface area contributed by atoms with Crippen molar-refractivity contribution >= 4 is 39.1 Å². The van der Waals surface area contributed by atoms with E-state index < -0.39 is 43.6 Å². The highest BCUT2D eigenvalue weighted by Gasteiger charge is 2.36. The van der Waals surface area contributed by atoms with Crippen molar-refractivity contribution in [2.24, 2.45) is 0 Å². The molecule has 6 aromatic rings. The third-order valence-electron chi connectivity index (χ3n) is 9.60. The highest BCUT2D eigenvalue weighted by molar-refractivity contribution is 7.22. The Bertz CT molecular complexity index is 2400. The number of benzene rings is 2. The number of carbonyl (C=O) groups is 1. The van der Waals surface area contributed by atoms with Crippen LogP contribution in [0.2, 0.25) is 5.02 Å². The van der Waals surface area contributed by atoms with Crippen molar-refractivity contribution < 1.29 is 50.5 Å². The summed E-state index contributed by atoms with van der Waals surface area (Å²) in [6.07, 6.45) is -6.85. The molecule has 2 unspecified atom stereocenters. The molecule has 0 amide bonds. The zero-order valence-electron chi connectivity index (χ0n) is 31.0. The number of carboxylic acid groups (broad SMARTS) is 1. The van der Waals surface area contributed by atoms with Gasteiger partial charge in [-0.3, -0.25) is 9.58 Å². The van der Waals surface area contributed by atoms with Crippen LogP contribution < -0.4 is 14.2 Å². The van der Waals surface area contributed by atoms with E-state index in [-0.39, 0.29) is 38.9 Å². The van der Waals surface area contributed by atoms with Crippen molar-refractivity contribution in [2.75, 3.05) is 46.4 Å². The zero-order valence-corrected chi connectivity index (χ0v) is 32.6. The van der Waals surface area contributed by atoms with E-state index in [1.165, 1.54) is 42.6 Å². The Balaban J connectivity index is 1.21. The Morgan fingerprint density at radius 3 is 2.53 bits per heavy atom. The lowest BCUT2D eigenvalue weighted by atomic mass is 9.97. The van der Waals surface area contributed by atoms with Gasteiger partial charge in [-0.05, 0) is 49.4 Å². The zero-order chi connectivity index (χ0) is 41.1. The van der Waals surface area contributed by atoms with E-state index >= 15 is 4.39 Å². The number of carboxylic acids is 1. The molecule has 7 rings (SSSR count). The van der Waals surface area contributed by atoms with Crippen molar-refractivity contribution in [3.63, 3.8) is 0 Å². The third kappa shape index (κ3) is 9.04. The standard InChI is InChI=1S/C39H36ClF5N6O6S/c1-22-24(7-8-27(32(22)40)54-18-17-50-15-13-49(2)14-16-50)30-31-36(46-21-47-37(31)58-35(30)28-9-10-29(41)56-28)57-34(38(52)53)33(42)25-5-3-4-6-26(25)55-19-23-11-12-48-51(23)20-39(43,44)45/h3-12,21,33-34H,13-20H2,1-2H3,(H,52,53). The summed E-state index contributed by atoms with van der Waals surface area (Å²) in [4.78, 5) is 26.6. The van der Waals surface area contributed by atoms with E-state index in [0.29, 0.717) is 50.2 Å². The quantitative estimate of drug-likeness (QED) is 0.100. The molecule has 1 saturated heterocycles. The van der Waals surface area contributed by atoms with E-state index in [4.69, 9.17) is 30.2 Å². The Morgan fingerprint density at radius 1 is 1.03 bits per heavy atom. The fraction of sp³-hybridized carbons (Fsp3) is 0.333. The number of thiophene rings is 1. The van der Waals surface area contributed by atoms with Crippen LogP contribution in [0.15, 0.2) is 71.5 Å². The van der Waals surface area contributed by atoms with Gasteiger partial charge in [0.1, 0.15) is 48.2 Å². The molecule has 306 valence electrons. The molecule has 19 heteroatoms. The van der Waals surface area contributed by atoms with Crippen LogP contribution in [-0.2, 0) is 17.9 Å². The molecule has 1 fully saturated rings. The molecule has 1 aliphatic heterocycles. The van der Waals surface area contributed by atoms with E-state index in [2.05, 4.69) is 31.9 Å². The molecule has 2 atom stereocenters. The molecular weight excluding hydrogens is 811 g/mol. The Morgan fingerprint density at radius 2 is 1.81 bits per heavy atom.